The van der Waals surface area contributed by atoms with Crippen molar-refractivity contribution in [3.05, 3.63) is 235 Å². The van der Waals surface area contributed by atoms with E-state index in [9.17, 15) is 0 Å². The molecular formula is C53H35NO. The lowest BCUT2D eigenvalue weighted by atomic mass is 9.67. The molecule has 0 bridgehead atoms. The number of nitrogens with zero attached hydrogens (tertiary/aromatic N) is 1. The Morgan fingerprint density at radius 1 is 0.382 bits per heavy atom. The zero-order chi connectivity index (χ0) is 36.3. The van der Waals surface area contributed by atoms with E-state index in [-0.39, 0.29) is 0 Å². The molecule has 0 radical (unpaired) electrons. The van der Waals surface area contributed by atoms with Gasteiger partial charge in [0.2, 0.25) is 0 Å². The first-order chi connectivity index (χ1) is 27.3. The first-order valence-corrected chi connectivity index (χ1v) is 18.9. The maximum Gasteiger partial charge on any atom is 0.143 e. The van der Waals surface area contributed by atoms with Crippen LogP contribution in [0, 0.1) is 0 Å². The summed E-state index contributed by atoms with van der Waals surface area (Å²) >= 11 is 0. The van der Waals surface area contributed by atoms with E-state index in [1.54, 1.807) is 0 Å². The maximum atomic E-state index is 6.45. The van der Waals surface area contributed by atoms with Gasteiger partial charge in [-0.05, 0) is 80.7 Å². The first kappa shape index (κ1) is 31.4. The van der Waals surface area contributed by atoms with Crippen LogP contribution in [-0.4, -0.2) is 0 Å². The predicted octanol–water partition coefficient (Wildman–Crippen LogP) is 14.2. The zero-order valence-corrected chi connectivity index (χ0v) is 30.1. The van der Waals surface area contributed by atoms with Crippen LogP contribution in [0.15, 0.2) is 217 Å². The van der Waals surface area contributed by atoms with E-state index in [0.29, 0.717) is 0 Å². The molecule has 258 valence electrons. The van der Waals surface area contributed by atoms with Crippen LogP contribution in [0.25, 0.3) is 55.0 Å². The average Bonchev–Trinajstić information content (AvgIpc) is 3.79. The molecule has 0 amide bonds. The Labute approximate surface area is 320 Å². The molecule has 0 aliphatic heterocycles. The molecule has 1 heterocycles. The number of hydrogen-bond acceptors (Lipinski definition) is 2. The average molecular weight is 702 g/mol. The Balaban J connectivity index is 1.14. The number of para-hydroxylation sites is 2. The standard InChI is InChI=1S/C53H35NO/c1-3-17-38(18-4-1)53(39-19-5-2-6-20-39)48-26-11-9-22-44(48)45-34-33-41(35-49(45)53)54(50-27-13-16-36-15-7-8-21-42(36)50)40-31-29-37(30-32-40)43-24-14-25-47-46-23-10-12-28-51(46)55-52(43)47/h1-35H. The largest absolute Gasteiger partial charge is 0.455 e. The number of furan rings is 1. The van der Waals surface area contributed by atoms with Crippen molar-refractivity contribution in [2.45, 2.75) is 5.41 Å². The number of anilines is 3. The van der Waals surface area contributed by atoms with Crippen LogP contribution in [0.3, 0.4) is 0 Å². The second-order valence-corrected chi connectivity index (χ2v) is 14.4. The Hall–Kier alpha value is -7.16. The van der Waals surface area contributed by atoms with Crippen molar-refractivity contribution in [2.75, 3.05) is 4.90 Å². The third kappa shape index (κ3) is 4.75. The van der Waals surface area contributed by atoms with E-state index in [1.165, 1.54) is 44.2 Å². The number of hydrogen-bond donors (Lipinski definition) is 0. The van der Waals surface area contributed by atoms with Gasteiger partial charge in [-0.3, -0.25) is 0 Å². The fraction of sp³-hybridized carbons (Fsp3) is 0.0189. The molecule has 1 aliphatic rings. The zero-order valence-electron chi connectivity index (χ0n) is 30.1. The third-order valence-electron chi connectivity index (χ3n) is 11.5. The third-order valence-corrected chi connectivity index (χ3v) is 11.5. The lowest BCUT2D eigenvalue weighted by Gasteiger charge is -2.35. The molecule has 10 aromatic rings. The molecule has 0 N–H and O–H groups in total. The van der Waals surface area contributed by atoms with E-state index in [2.05, 4.69) is 205 Å². The number of fused-ring (bicyclic) bond motifs is 7. The minimum absolute atomic E-state index is 0.496. The molecule has 0 fully saturated rings. The minimum Gasteiger partial charge on any atom is -0.455 e. The second kappa shape index (κ2) is 12.5. The van der Waals surface area contributed by atoms with E-state index in [4.69, 9.17) is 4.42 Å². The molecule has 1 aromatic heterocycles. The Morgan fingerprint density at radius 3 is 1.76 bits per heavy atom. The van der Waals surface area contributed by atoms with Crippen LogP contribution in [-0.2, 0) is 5.41 Å². The highest BCUT2D eigenvalue weighted by Gasteiger charge is 2.46. The molecular weight excluding hydrogens is 667 g/mol. The fourth-order valence-corrected chi connectivity index (χ4v) is 9.17. The van der Waals surface area contributed by atoms with E-state index < -0.39 is 5.41 Å². The van der Waals surface area contributed by atoms with Crippen molar-refractivity contribution < 1.29 is 4.42 Å². The van der Waals surface area contributed by atoms with Gasteiger partial charge in [0.25, 0.3) is 0 Å². The Kier molecular flexibility index (Phi) is 7.11. The van der Waals surface area contributed by atoms with Gasteiger partial charge >= 0.3 is 0 Å². The van der Waals surface area contributed by atoms with Crippen LogP contribution < -0.4 is 4.90 Å². The lowest BCUT2D eigenvalue weighted by Crippen LogP contribution is -2.28. The molecule has 1 aliphatic carbocycles. The molecule has 0 unspecified atom stereocenters. The van der Waals surface area contributed by atoms with Gasteiger partial charge in [0, 0.05) is 33.1 Å². The first-order valence-electron chi connectivity index (χ1n) is 18.9. The van der Waals surface area contributed by atoms with Crippen molar-refractivity contribution in [1.29, 1.82) is 0 Å². The molecule has 0 atom stereocenters. The Bertz CT molecular complexity index is 2990. The molecule has 11 rings (SSSR count). The van der Waals surface area contributed by atoms with Crippen LogP contribution in [0.2, 0.25) is 0 Å². The molecule has 0 saturated carbocycles. The highest BCUT2D eigenvalue weighted by Crippen LogP contribution is 2.57. The molecule has 2 nitrogen and oxygen atoms in total. The SMILES string of the molecule is c1ccc(C2(c3ccccc3)c3ccccc3-c3ccc(N(c4ccc(-c5cccc6c5oc5ccccc56)cc4)c4cccc5ccccc45)cc32)cc1. The second-order valence-electron chi connectivity index (χ2n) is 14.4. The van der Waals surface area contributed by atoms with Crippen LogP contribution in [0.1, 0.15) is 22.3 Å². The predicted molar refractivity (Wildman–Crippen MR) is 229 cm³/mol. The van der Waals surface area contributed by atoms with Gasteiger partial charge in [-0.15, -0.1) is 0 Å². The summed E-state index contributed by atoms with van der Waals surface area (Å²) in [7, 11) is 0. The maximum absolute atomic E-state index is 6.45. The van der Waals surface area contributed by atoms with Gasteiger partial charge in [0.05, 0.1) is 11.1 Å². The van der Waals surface area contributed by atoms with Crippen LogP contribution in [0.4, 0.5) is 17.1 Å². The summed E-state index contributed by atoms with van der Waals surface area (Å²) < 4.78 is 6.45. The summed E-state index contributed by atoms with van der Waals surface area (Å²) in [6, 6.07) is 77.1. The monoisotopic (exact) mass is 701 g/mol. The van der Waals surface area contributed by atoms with Crippen molar-refractivity contribution in [3.8, 4) is 22.3 Å². The van der Waals surface area contributed by atoms with Gasteiger partial charge in [-0.2, -0.15) is 0 Å². The van der Waals surface area contributed by atoms with Gasteiger partial charge in [-0.1, -0.05) is 176 Å². The molecule has 55 heavy (non-hydrogen) atoms. The van der Waals surface area contributed by atoms with E-state index in [1.807, 2.05) is 12.1 Å². The normalized spacial score (nSPS) is 12.9. The van der Waals surface area contributed by atoms with Crippen molar-refractivity contribution >= 4 is 49.8 Å². The summed E-state index contributed by atoms with van der Waals surface area (Å²) in [5.74, 6) is 0. The molecule has 0 spiro atoms. The Morgan fingerprint density at radius 2 is 0.964 bits per heavy atom. The van der Waals surface area contributed by atoms with Crippen molar-refractivity contribution in [1.82, 2.24) is 0 Å². The van der Waals surface area contributed by atoms with Gasteiger partial charge in [0.15, 0.2) is 0 Å². The summed E-state index contributed by atoms with van der Waals surface area (Å²) in [5.41, 5.74) is 14.5. The van der Waals surface area contributed by atoms with Gasteiger partial charge in [-0.25, -0.2) is 0 Å². The number of benzene rings is 9. The molecule has 2 heteroatoms. The van der Waals surface area contributed by atoms with E-state index >= 15 is 0 Å². The van der Waals surface area contributed by atoms with Gasteiger partial charge < -0.3 is 9.32 Å². The number of rotatable bonds is 6. The summed E-state index contributed by atoms with van der Waals surface area (Å²) in [5, 5.41) is 4.67. The summed E-state index contributed by atoms with van der Waals surface area (Å²) in [4.78, 5) is 2.43. The minimum atomic E-state index is -0.496. The molecule has 0 saturated heterocycles. The van der Waals surface area contributed by atoms with Crippen LogP contribution in [0.5, 0.6) is 0 Å². The highest BCUT2D eigenvalue weighted by molar-refractivity contribution is 6.09. The smallest absolute Gasteiger partial charge is 0.143 e. The summed E-state index contributed by atoms with van der Waals surface area (Å²) in [6.45, 7) is 0. The van der Waals surface area contributed by atoms with Gasteiger partial charge in [0.1, 0.15) is 11.2 Å². The van der Waals surface area contributed by atoms with Crippen molar-refractivity contribution in [2.24, 2.45) is 0 Å². The lowest BCUT2D eigenvalue weighted by molar-refractivity contribution is 0.670. The highest BCUT2D eigenvalue weighted by atomic mass is 16.3. The van der Waals surface area contributed by atoms with E-state index in [0.717, 1.165) is 50.1 Å². The van der Waals surface area contributed by atoms with Crippen LogP contribution >= 0.6 is 0 Å². The van der Waals surface area contributed by atoms with Crippen molar-refractivity contribution in [3.63, 3.8) is 0 Å². The molecule has 9 aromatic carbocycles. The quantitative estimate of drug-likeness (QED) is 0.172. The topological polar surface area (TPSA) is 16.4 Å². The summed E-state index contributed by atoms with van der Waals surface area (Å²) in [6.07, 6.45) is 0. The fourth-order valence-electron chi connectivity index (χ4n) is 9.17.